The molecule has 0 unspecified atom stereocenters. The van der Waals surface area contributed by atoms with Crippen LogP contribution in [0.3, 0.4) is 0 Å². The molecule has 3 rings (SSSR count). The average Bonchev–Trinajstić information content (AvgIpc) is 2.47. The van der Waals surface area contributed by atoms with E-state index in [2.05, 4.69) is 34.2 Å². The first-order valence-electron chi connectivity index (χ1n) is 7.00. The quantitative estimate of drug-likeness (QED) is 0.723. The average molecular weight is 296 g/mol. The zero-order valence-electron chi connectivity index (χ0n) is 11.8. The van der Waals surface area contributed by atoms with E-state index in [1.54, 1.807) is 0 Å². The minimum atomic E-state index is -0.0866. The predicted octanol–water partition coefficient (Wildman–Crippen LogP) is 3.74. The van der Waals surface area contributed by atoms with Gasteiger partial charge in [-0.3, -0.25) is 9.78 Å². The Morgan fingerprint density at radius 3 is 2.62 bits per heavy atom. The van der Waals surface area contributed by atoms with Crippen LogP contribution in [0, 0.1) is 4.77 Å². The number of aromatic nitrogens is 2. The van der Waals surface area contributed by atoms with Gasteiger partial charge in [0.25, 0.3) is 5.56 Å². The second kappa shape index (κ2) is 5.66. The molecule has 1 heterocycles. The second-order valence-electron chi connectivity index (χ2n) is 5.03. The molecular weight excluding hydrogens is 280 g/mol. The van der Waals surface area contributed by atoms with Gasteiger partial charge in [-0.05, 0) is 35.0 Å². The van der Waals surface area contributed by atoms with Crippen molar-refractivity contribution in [1.29, 1.82) is 0 Å². The monoisotopic (exact) mass is 296 g/mol. The van der Waals surface area contributed by atoms with Gasteiger partial charge in [-0.1, -0.05) is 49.4 Å². The molecule has 0 amide bonds. The molecule has 0 radical (unpaired) electrons. The maximum atomic E-state index is 12.0. The molecular formula is C17H16N2OS. The lowest BCUT2D eigenvalue weighted by Gasteiger charge is -2.10. The Balaban J connectivity index is 2.15. The van der Waals surface area contributed by atoms with Crippen LogP contribution in [0.15, 0.2) is 47.3 Å². The van der Waals surface area contributed by atoms with Crippen molar-refractivity contribution in [3.63, 3.8) is 0 Å². The van der Waals surface area contributed by atoms with Gasteiger partial charge >= 0.3 is 0 Å². The van der Waals surface area contributed by atoms with Gasteiger partial charge in [0.1, 0.15) is 0 Å². The van der Waals surface area contributed by atoms with Crippen LogP contribution in [0.2, 0.25) is 0 Å². The number of benzene rings is 2. The molecule has 3 aromatic rings. The van der Waals surface area contributed by atoms with Crippen LogP contribution in [-0.4, -0.2) is 9.97 Å². The molecule has 4 heteroatoms. The van der Waals surface area contributed by atoms with Gasteiger partial charge < -0.3 is 4.98 Å². The Hall–Kier alpha value is -2.20. The maximum absolute atomic E-state index is 12.0. The molecule has 1 aromatic heterocycles. The topological polar surface area (TPSA) is 48.6 Å². The Bertz CT molecular complexity index is 903. The van der Waals surface area contributed by atoms with Crippen molar-refractivity contribution in [2.45, 2.75) is 19.8 Å². The largest absolute Gasteiger partial charge is 0.335 e. The van der Waals surface area contributed by atoms with Gasteiger partial charge in [-0.25, -0.2) is 0 Å². The summed E-state index contributed by atoms with van der Waals surface area (Å²) in [6, 6.07) is 14.5. The number of aromatic amines is 2. The molecule has 0 aliphatic rings. The highest BCUT2D eigenvalue weighted by Crippen LogP contribution is 2.21. The van der Waals surface area contributed by atoms with E-state index in [9.17, 15) is 4.79 Å². The summed E-state index contributed by atoms with van der Waals surface area (Å²) in [6.07, 6.45) is 1.36. The molecule has 106 valence electrons. The lowest BCUT2D eigenvalue weighted by atomic mass is 9.99. The zero-order valence-corrected chi connectivity index (χ0v) is 12.6. The zero-order chi connectivity index (χ0) is 14.8. The fraction of sp³-hybridized carbons (Fsp3) is 0.176. The van der Waals surface area contributed by atoms with Crippen molar-refractivity contribution in [2.24, 2.45) is 0 Å². The van der Waals surface area contributed by atoms with Crippen molar-refractivity contribution < 1.29 is 0 Å². The first kappa shape index (κ1) is 13.8. The molecule has 3 nitrogen and oxygen atoms in total. The summed E-state index contributed by atoms with van der Waals surface area (Å²) in [5.41, 5.74) is 2.79. The predicted molar refractivity (Wildman–Crippen MR) is 88.4 cm³/mol. The molecule has 21 heavy (non-hydrogen) atoms. The third-order valence-electron chi connectivity index (χ3n) is 3.73. The van der Waals surface area contributed by atoms with Crippen molar-refractivity contribution in [2.75, 3.05) is 0 Å². The van der Waals surface area contributed by atoms with Gasteiger partial charge in [-0.15, -0.1) is 0 Å². The normalized spacial score (nSPS) is 10.9. The van der Waals surface area contributed by atoms with Crippen LogP contribution in [-0.2, 0) is 12.8 Å². The van der Waals surface area contributed by atoms with Crippen LogP contribution < -0.4 is 5.56 Å². The van der Waals surface area contributed by atoms with Crippen LogP contribution in [0.25, 0.3) is 10.8 Å². The third-order valence-corrected chi connectivity index (χ3v) is 3.93. The first-order valence-corrected chi connectivity index (χ1v) is 7.41. The van der Waals surface area contributed by atoms with Gasteiger partial charge in [0, 0.05) is 17.7 Å². The van der Waals surface area contributed by atoms with Crippen molar-refractivity contribution in [3.8, 4) is 0 Å². The number of fused-ring (bicyclic) bond motifs is 1. The SMILES string of the molecule is CCc1c(Cc2cccc3ccccc23)[nH]c(=S)[nH]c1=O. The van der Waals surface area contributed by atoms with Crippen LogP contribution in [0.1, 0.15) is 23.7 Å². The molecule has 0 saturated heterocycles. The fourth-order valence-corrected chi connectivity index (χ4v) is 2.94. The van der Waals surface area contributed by atoms with Crippen molar-refractivity contribution in [1.82, 2.24) is 9.97 Å². The van der Waals surface area contributed by atoms with Crippen LogP contribution in [0.5, 0.6) is 0 Å². The Morgan fingerprint density at radius 1 is 1.05 bits per heavy atom. The molecule has 2 aromatic carbocycles. The van der Waals surface area contributed by atoms with Gasteiger partial charge in [-0.2, -0.15) is 0 Å². The molecule has 0 fully saturated rings. The first-order chi connectivity index (χ1) is 10.2. The summed E-state index contributed by atoms with van der Waals surface area (Å²) in [5, 5.41) is 2.41. The van der Waals surface area contributed by atoms with E-state index in [0.29, 0.717) is 17.6 Å². The second-order valence-corrected chi connectivity index (χ2v) is 5.44. The Kier molecular flexibility index (Phi) is 3.71. The minimum absolute atomic E-state index is 0.0866. The van der Waals surface area contributed by atoms with E-state index in [0.717, 1.165) is 11.3 Å². The number of nitrogens with one attached hydrogen (secondary N) is 2. The maximum Gasteiger partial charge on any atom is 0.255 e. The third kappa shape index (κ3) is 2.67. The van der Waals surface area contributed by atoms with Crippen molar-refractivity contribution >= 4 is 23.0 Å². The van der Waals surface area contributed by atoms with E-state index in [4.69, 9.17) is 12.2 Å². The standard InChI is InChI=1S/C17H16N2OS/c1-2-13-15(18-17(21)19-16(13)20)10-12-8-5-7-11-6-3-4-9-14(11)12/h3-9H,2,10H2,1H3,(H2,18,19,20,21). The molecule has 0 bridgehead atoms. The summed E-state index contributed by atoms with van der Waals surface area (Å²) in [6.45, 7) is 1.98. The molecule has 2 N–H and O–H groups in total. The van der Waals surface area contributed by atoms with E-state index in [-0.39, 0.29) is 5.56 Å². The van der Waals surface area contributed by atoms with Crippen LogP contribution in [0.4, 0.5) is 0 Å². The number of hydrogen-bond donors (Lipinski definition) is 2. The molecule has 0 aliphatic heterocycles. The summed E-state index contributed by atoms with van der Waals surface area (Å²) < 4.78 is 0.382. The van der Waals surface area contributed by atoms with E-state index in [1.165, 1.54) is 16.3 Å². The number of hydrogen-bond acceptors (Lipinski definition) is 2. The number of rotatable bonds is 3. The minimum Gasteiger partial charge on any atom is -0.335 e. The van der Waals surface area contributed by atoms with E-state index < -0.39 is 0 Å². The van der Waals surface area contributed by atoms with E-state index >= 15 is 0 Å². The summed E-state index contributed by atoms with van der Waals surface area (Å²) in [7, 11) is 0. The Morgan fingerprint density at radius 2 is 1.81 bits per heavy atom. The van der Waals surface area contributed by atoms with Gasteiger partial charge in [0.2, 0.25) is 0 Å². The lowest BCUT2D eigenvalue weighted by molar-refractivity contribution is 0.913. The summed E-state index contributed by atoms with van der Waals surface area (Å²) >= 11 is 5.10. The van der Waals surface area contributed by atoms with E-state index in [1.807, 2.05) is 25.1 Å². The highest BCUT2D eigenvalue weighted by atomic mass is 32.1. The highest BCUT2D eigenvalue weighted by molar-refractivity contribution is 7.71. The summed E-state index contributed by atoms with van der Waals surface area (Å²) in [5.74, 6) is 0. The number of H-pyrrole nitrogens is 2. The molecule has 0 aliphatic carbocycles. The molecule has 0 atom stereocenters. The molecule has 0 spiro atoms. The van der Waals surface area contributed by atoms with Crippen molar-refractivity contribution in [3.05, 3.63) is 74.4 Å². The Labute approximate surface area is 127 Å². The fourth-order valence-electron chi connectivity index (χ4n) is 2.72. The van der Waals surface area contributed by atoms with Gasteiger partial charge in [0.05, 0.1) is 0 Å². The lowest BCUT2D eigenvalue weighted by Crippen LogP contribution is -2.17. The van der Waals surface area contributed by atoms with Crippen LogP contribution >= 0.6 is 12.2 Å². The van der Waals surface area contributed by atoms with Gasteiger partial charge in [0.15, 0.2) is 4.77 Å². The smallest absolute Gasteiger partial charge is 0.255 e. The molecule has 0 saturated carbocycles. The summed E-state index contributed by atoms with van der Waals surface area (Å²) in [4.78, 5) is 17.8. The highest BCUT2D eigenvalue weighted by Gasteiger charge is 2.09.